The molecule has 0 aliphatic heterocycles. The summed E-state index contributed by atoms with van der Waals surface area (Å²) >= 11 is 0. The van der Waals surface area contributed by atoms with E-state index in [0.29, 0.717) is 0 Å². The van der Waals surface area contributed by atoms with Gasteiger partial charge in [0.05, 0.1) is 12.4 Å². The van der Waals surface area contributed by atoms with E-state index in [2.05, 4.69) is 19.4 Å². The van der Waals surface area contributed by atoms with Gasteiger partial charge in [0.1, 0.15) is 13.1 Å². The molecule has 2 aromatic rings. The van der Waals surface area contributed by atoms with E-state index in [1.54, 1.807) is 0 Å². The van der Waals surface area contributed by atoms with Crippen LogP contribution in [0.2, 0.25) is 0 Å². The van der Waals surface area contributed by atoms with Crippen LogP contribution in [0, 0.1) is 0 Å². The average molecular weight is 516 g/mol. The van der Waals surface area contributed by atoms with Gasteiger partial charge in [0.25, 0.3) is 0 Å². The summed E-state index contributed by atoms with van der Waals surface area (Å²) in [6.45, 7) is 2.05. The largest absolute Gasteiger partial charge is 1.00 e. The second-order valence-corrected chi connectivity index (χ2v) is 6.35. The summed E-state index contributed by atoms with van der Waals surface area (Å²) in [7, 11) is 0. The highest BCUT2D eigenvalue weighted by molar-refractivity contribution is 5.78. The Morgan fingerprint density at radius 3 is 1.25 bits per heavy atom. The summed E-state index contributed by atoms with van der Waals surface area (Å²) in [5.41, 5.74) is 1.80. The third-order valence-electron chi connectivity index (χ3n) is 4.33. The molecule has 0 amide bonds. The van der Waals surface area contributed by atoms with Crippen molar-refractivity contribution in [3.05, 3.63) is 60.2 Å². The van der Waals surface area contributed by atoms with Gasteiger partial charge in [-0.15, -0.1) is 0 Å². The van der Waals surface area contributed by atoms with Gasteiger partial charge in [0.15, 0.2) is 24.8 Å². The molecule has 0 atom stereocenters. The van der Waals surface area contributed by atoms with Gasteiger partial charge in [-0.1, -0.05) is 23.2 Å². The molecule has 0 radical (unpaired) electrons. The maximum Gasteiger partial charge on any atom is 0.169 e. The number of hydrogen-bond acceptors (Lipinski definition) is 4. The zero-order valence-electron chi connectivity index (χ0n) is 15.9. The van der Waals surface area contributed by atoms with E-state index in [1.807, 2.05) is 49.1 Å². The van der Waals surface area contributed by atoms with Crippen LogP contribution < -0.4 is 43.1 Å². The van der Waals surface area contributed by atoms with Gasteiger partial charge >= 0.3 is 0 Å². The molecule has 0 unspecified atom stereocenters. The van der Waals surface area contributed by atoms with Crippen molar-refractivity contribution in [2.24, 2.45) is 10.3 Å². The molecule has 2 aromatic heterocycles. The number of pyridine rings is 2. The summed E-state index contributed by atoms with van der Waals surface area (Å²) in [6, 6.07) is 7.78. The van der Waals surface area contributed by atoms with Crippen LogP contribution >= 0.6 is 0 Å². The number of rotatable bonds is 11. The van der Waals surface area contributed by atoms with Crippen LogP contribution in [0.3, 0.4) is 0 Å². The molecule has 0 aliphatic carbocycles. The lowest BCUT2D eigenvalue weighted by Crippen LogP contribution is -3.00. The number of halogens is 2. The monoisotopic (exact) mass is 514 g/mol. The third kappa shape index (κ3) is 10.5. The van der Waals surface area contributed by atoms with Gasteiger partial charge in [-0.3, -0.25) is 0 Å². The number of aromatic nitrogens is 2. The standard InChI is InChI=1S/C20H26N4O2.2BrH/c25-21-17-19-7-13-23(14-8-19)11-5-3-1-2-4-6-12-24-15-9-20(10-16-24)18-22-26;;/h7-10,13-18H,1-6,11-12H2;2*1H. The van der Waals surface area contributed by atoms with Crippen LogP contribution in [0.1, 0.15) is 49.7 Å². The van der Waals surface area contributed by atoms with Gasteiger partial charge in [-0.25, -0.2) is 9.13 Å². The Bertz CT molecular complexity index is 631. The maximum atomic E-state index is 8.49. The van der Waals surface area contributed by atoms with Crippen LogP contribution in [0.15, 0.2) is 59.4 Å². The van der Waals surface area contributed by atoms with Gasteiger partial charge in [0, 0.05) is 48.2 Å². The van der Waals surface area contributed by atoms with Gasteiger partial charge in [-0.2, -0.15) is 0 Å². The van der Waals surface area contributed by atoms with E-state index in [9.17, 15) is 0 Å². The fraction of sp³-hybridized carbons (Fsp3) is 0.400. The molecule has 8 heteroatoms. The topological polar surface area (TPSA) is 72.9 Å². The molecule has 28 heavy (non-hydrogen) atoms. The minimum Gasteiger partial charge on any atom is -1.00 e. The number of unbranched alkanes of at least 4 members (excludes halogenated alkanes) is 5. The van der Waals surface area contributed by atoms with E-state index < -0.39 is 0 Å². The van der Waals surface area contributed by atoms with Gasteiger partial charge in [0.2, 0.25) is 0 Å². The molecule has 0 spiro atoms. The van der Waals surface area contributed by atoms with E-state index in [4.69, 9.17) is 10.4 Å². The first-order valence-electron chi connectivity index (χ1n) is 9.15. The van der Waals surface area contributed by atoms with Crippen LogP contribution in [-0.2, 0) is 13.1 Å². The highest BCUT2D eigenvalue weighted by Crippen LogP contribution is 2.05. The Kier molecular flexibility index (Phi) is 15.1. The summed E-state index contributed by atoms with van der Waals surface area (Å²) in [4.78, 5) is 0. The molecular formula is C20H28Br2N4O2. The molecule has 2 N–H and O–H groups in total. The van der Waals surface area contributed by atoms with Crippen molar-refractivity contribution < 1.29 is 53.5 Å². The lowest BCUT2D eigenvalue weighted by Gasteiger charge is -2.00. The molecule has 6 nitrogen and oxygen atoms in total. The third-order valence-corrected chi connectivity index (χ3v) is 4.33. The number of oxime groups is 2. The zero-order chi connectivity index (χ0) is 18.5. The summed E-state index contributed by atoms with van der Waals surface area (Å²) in [6.07, 6.45) is 18.3. The minimum absolute atomic E-state index is 0. The summed E-state index contributed by atoms with van der Waals surface area (Å²) in [5.74, 6) is 0. The van der Waals surface area contributed by atoms with Crippen LogP contribution in [0.25, 0.3) is 0 Å². The Labute approximate surface area is 187 Å². The quantitative estimate of drug-likeness (QED) is 0.110. The maximum absolute atomic E-state index is 8.49. The molecule has 2 rings (SSSR count). The normalized spacial score (nSPS) is 10.7. The number of hydrogen-bond donors (Lipinski definition) is 2. The van der Waals surface area contributed by atoms with Crippen molar-refractivity contribution in [1.29, 1.82) is 0 Å². The molecular weight excluding hydrogens is 488 g/mol. The lowest BCUT2D eigenvalue weighted by molar-refractivity contribution is -0.697. The van der Waals surface area contributed by atoms with Crippen molar-refractivity contribution in [2.75, 3.05) is 0 Å². The van der Waals surface area contributed by atoms with Crippen molar-refractivity contribution in [1.82, 2.24) is 0 Å². The molecule has 0 bridgehead atoms. The van der Waals surface area contributed by atoms with Crippen molar-refractivity contribution in [2.45, 2.75) is 51.6 Å². The van der Waals surface area contributed by atoms with Crippen LogP contribution in [-0.4, -0.2) is 22.8 Å². The Morgan fingerprint density at radius 2 is 0.929 bits per heavy atom. The van der Waals surface area contributed by atoms with Crippen molar-refractivity contribution in [3.8, 4) is 0 Å². The van der Waals surface area contributed by atoms with Crippen LogP contribution in [0.4, 0.5) is 0 Å². The molecule has 0 aliphatic rings. The van der Waals surface area contributed by atoms with Crippen molar-refractivity contribution in [3.63, 3.8) is 0 Å². The van der Waals surface area contributed by atoms with Gasteiger partial charge < -0.3 is 44.4 Å². The highest BCUT2D eigenvalue weighted by atomic mass is 79.9. The Hall–Kier alpha value is -1.80. The highest BCUT2D eigenvalue weighted by Gasteiger charge is 2.02. The first-order chi connectivity index (χ1) is 12.8. The van der Waals surface area contributed by atoms with Crippen LogP contribution in [0.5, 0.6) is 0 Å². The lowest BCUT2D eigenvalue weighted by atomic mass is 10.1. The first-order valence-corrected chi connectivity index (χ1v) is 9.15. The van der Waals surface area contributed by atoms with E-state index in [-0.39, 0.29) is 34.0 Å². The Balaban J connectivity index is 0.00000364. The predicted octanol–water partition coefficient (Wildman–Crippen LogP) is -3.07. The summed E-state index contributed by atoms with van der Waals surface area (Å²) in [5, 5.41) is 23.0. The second kappa shape index (κ2) is 16.2. The SMILES string of the molecule is O/N=C/c1cc[n+](CCCCCCCC[n+]2ccc(/C=N/O)cc2)cc1.[Br-].[Br-]. The number of aryl methyl sites for hydroxylation is 2. The Morgan fingerprint density at radius 1 is 0.607 bits per heavy atom. The zero-order valence-corrected chi connectivity index (χ0v) is 19.0. The summed E-state index contributed by atoms with van der Waals surface area (Å²) < 4.78 is 4.33. The average Bonchev–Trinajstić information content (AvgIpc) is 2.67. The molecule has 0 aromatic carbocycles. The molecule has 154 valence electrons. The van der Waals surface area contributed by atoms with E-state index in [1.165, 1.54) is 51.0 Å². The van der Waals surface area contributed by atoms with E-state index in [0.717, 1.165) is 24.2 Å². The van der Waals surface area contributed by atoms with E-state index >= 15 is 0 Å². The minimum atomic E-state index is 0. The van der Waals surface area contributed by atoms with Crippen molar-refractivity contribution >= 4 is 12.4 Å². The second-order valence-electron chi connectivity index (χ2n) is 6.35. The molecule has 0 saturated carbocycles. The predicted molar refractivity (Wildman–Crippen MR) is 99.7 cm³/mol. The molecule has 2 heterocycles. The molecule has 0 saturated heterocycles. The molecule has 0 fully saturated rings. The smallest absolute Gasteiger partial charge is 0.169 e. The number of nitrogens with zero attached hydrogens (tertiary/aromatic N) is 4. The fourth-order valence-corrected chi connectivity index (χ4v) is 2.84. The fourth-order valence-electron chi connectivity index (χ4n) is 2.84. The first kappa shape index (κ1) is 26.2. The van der Waals surface area contributed by atoms with Gasteiger partial charge in [-0.05, 0) is 12.8 Å².